The molecule has 2 atom stereocenters. The van der Waals surface area contributed by atoms with Crippen LogP contribution in [-0.4, -0.2) is 58.1 Å². The van der Waals surface area contributed by atoms with Gasteiger partial charge >= 0.3 is 0 Å². The third-order valence-electron chi connectivity index (χ3n) is 4.66. The SMILES string of the molecule is Cc1[nH]nc(C(=O)N2CCC[C@@H]2[C@@H]2CCCN2C)c1Br. The van der Waals surface area contributed by atoms with Gasteiger partial charge in [-0.05, 0) is 62.1 Å². The first-order valence-corrected chi connectivity index (χ1v) is 8.10. The van der Waals surface area contributed by atoms with Gasteiger partial charge in [0.1, 0.15) is 0 Å². The van der Waals surface area contributed by atoms with Crippen molar-refractivity contribution in [3.63, 3.8) is 0 Å². The maximum atomic E-state index is 12.7. The highest BCUT2D eigenvalue weighted by molar-refractivity contribution is 9.10. The maximum Gasteiger partial charge on any atom is 0.275 e. The minimum atomic E-state index is 0.0593. The van der Waals surface area contributed by atoms with Gasteiger partial charge in [-0.15, -0.1) is 0 Å². The average Bonchev–Trinajstić information content (AvgIpc) is 3.11. The van der Waals surface area contributed by atoms with Gasteiger partial charge < -0.3 is 9.80 Å². The van der Waals surface area contributed by atoms with Gasteiger partial charge in [0.2, 0.25) is 0 Å². The fraction of sp³-hybridized carbons (Fsp3) is 0.714. The van der Waals surface area contributed by atoms with Gasteiger partial charge in [-0.3, -0.25) is 9.89 Å². The summed E-state index contributed by atoms with van der Waals surface area (Å²) in [5.41, 5.74) is 1.43. The Labute approximate surface area is 127 Å². The molecule has 0 bridgehead atoms. The number of hydrogen-bond acceptors (Lipinski definition) is 3. The molecule has 2 fully saturated rings. The number of aromatic nitrogens is 2. The zero-order valence-electron chi connectivity index (χ0n) is 12.0. The molecule has 1 aromatic heterocycles. The van der Waals surface area contributed by atoms with Crippen LogP contribution in [0.15, 0.2) is 4.47 Å². The van der Waals surface area contributed by atoms with Crippen LogP contribution in [0.25, 0.3) is 0 Å². The summed E-state index contributed by atoms with van der Waals surface area (Å²) in [4.78, 5) is 17.2. The second-order valence-corrected chi connectivity index (χ2v) is 6.70. The molecule has 1 amide bonds. The summed E-state index contributed by atoms with van der Waals surface area (Å²) >= 11 is 3.46. The van der Waals surface area contributed by atoms with E-state index in [2.05, 4.69) is 38.1 Å². The molecule has 1 aromatic rings. The molecule has 2 saturated heterocycles. The summed E-state index contributed by atoms with van der Waals surface area (Å²) in [6.45, 7) is 3.92. The van der Waals surface area contributed by atoms with Crippen LogP contribution >= 0.6 is 15.9 Å². The van der Waals surface area contributed by atoms with E-state index in [1.54, 1.807) is 0 Å². The van der Waals surface area contributed by atoms with Crippen molar-refractivity contribution in [1.82, 2.24) is 20.0 Å². The van der Waals surface area contributed by atoms with E-state index in [1.807, 2.05) is 11.8 Å². The summed E-state index contributed by atoms with van der Waals surface area (Å²) in [5.74, 6) is 0.0593. The third-order valence-corrected chi connectivity index (χ3v) is 5.63. The molecule has 0 unspecified atom stereocenters. The van der Waals surface area contributed by atoms with Gasteiger partial charge in [0.05, 0.1) is 4.47 Å². The van der Waals surface area contributed by atoms with Crippen LogP contribution in [0.1, 0.15) is 41.9 Å². The summed E-state index contributed by atoms with van der Waals surface area (Å²) in [6.07, 6.45) is 4.65. The van der Waals surface area contributed by atoms with E-state index in [-0.39, 0.29) is 5.91 Å². The highest BCUT2D eigenvalue weighted by Crippen LogP contribution is 2.31. The fourth-order valence-corrected chi connectivity index (χ4v) is 3.91. The average molecular weight is 341 g/mol. The molecular weight excluding hydrogens is 320 g/mol. The first-order valence-electron chi connectivity index (χ1n) is 7.31. The number of nitrogens with one attached hydrogen (secondary N) is 1. The Kier molecular flexibility index (Phi) is 3.86. The van der Waals surface area contributed by atoms with Crippen molar-refractivity contribution >= 4 is 21.8 Å². The predicted molar refractivity (Wildman–Crippen MR) is 80.7 cm³/mol. The molecule has 0 spiro atoms. The standard InChI is InChI=1S/C14H21BrN4O/c1-9-12(15)13(17-16-9)14(20)19-8-4-6-11(19)10-5-3-7-18(10)2/h10-11H,3-8H2,1-2H3,(H,16,17)/t10-,11+/m0/s1. The highest BCUT2D eigenvalue weighted by atomic mass is 79.9. The zero-order chi connectivity index (χ0) is 14.3. The molecule has 0 radical (unpaired) electrons. The summed E-state index contributed by atoms with van der Waals surface area (Å²) < 4.78 is 0.799. The number of carbonyl (C=O) groups excluding carboxylic acids is 1. The Bertz CT molecular complexity index is 515. The quantitative estimate of drug-likeness (QED) is 0.897. The van der Waals surface area contributed by atoms with Crippen molar-refractivity contribution in [3.05, 3.63) is 15.9 Å². The summed E-state index contributed by atoms with van der Waals surface area (Å²) in [6, 6.07) is 0.860. The van der Waals surface area contributed by atoms with Crippen molar-refractivity contribution in [3.8, 4) is 0 Å². The predicted octanol–water partition coefficient (Wildman–Crippen LogP) is 2.18. The Hall–Kier alpha value is -0.880. The van der Waals surface area contributed by atoms with Crippen LogP contribution in [0, 0.1) is 6.92 Å². The first kappa shape index (κ1) is 14.1. The van der Waals surface area contributed by atoms with E-state index in [0.717, 1.165) is 36.1 Å². The molecule has 3 heterocycles. The van der Waals surface area contributed by atoms with Crippen molar-refractivity contribution in [2.24, 2.45) is 0 Å². The molecule has 2 aliphatic rings. The Balaban J connectivity index is 1.81. The number of likely N-dealkylation sites (N-methyl/N-ethyl adjacent to an activating group) is 1. The lowest BCUT2D eigenvalue weighted by molar-refractivity contribution is 0.0657. The normalized spacial score (nSPS) is 27.4. The molecular formula is C14H21BrN4O. The van der Waals surface area contributed by atoms with Crippen molar-refractivity contribution in [1.29, 1.82) is 0 Å². The van der Waals surface area contributed by atoms with Gasteiger partial charge in [0.25, 0.3) is 5.91 Å². The largest absolute Gasteiger partial charge is 0.333 e. The summed E-state index contributed by atoms with van der Waals surface area (Å²) in [5, 5.41) is 7.04. The topological polar surface area (TPSA) is 52.2 Å². The Morgan fingerprint density at radius 1 is 1.30 bits per heavy atom. The third kappa shape index (κ3) is 2.29. The van der Waals surface area contributed by atoms with E-state index < -0.39 is 0 Å². The zero-order valence-corrected chi connectivity index (χ0v) is 13.6. The minimum absolute atomic E-state index is 0.0593. The van der Waals surface area contributed by atoms with Crippen LogP contribution < -0.4 is 0 Å². The number of halogens is 1. The lowest BCUT2D eigenvalue weighted by Crippen LogP contribution is -2.47. The van der Waals surface area contributed by atoms with Crippen LogP contribution in [0.3, 0.4) is 0 Å². The van der Waals surface area contributed by atoms with Crippen LogP contribution in [-0.2, 0) is 0 Å². The van der Waals surface area contributed by atoms with Gasteiger partial charge in [-0.1, -0.05) is 0 Å². The first-order chi connectivity index (χ1) is 9.59. The van der Waals surface area contributed by atoms with Crippen LogP contribution in [0.5, 0.6) is 0 Å². The molecule has 0 aliphatic carbocycles. The van der Waals surface area contributed by atoms with Crippen LogP contribution in [0.4, 0.5) is 0 Å². The van der Waals surface area contributed by atoms with Crippen molar-refractivity contribution in [2.45, 2.75) is 44.7 Å². The number of carbonyl (C=O) groups is 1. The Morgan fingerprint density at radius 2 is 2.00 bits per heavy atom. The number of aromatic amines is 1. The van der Waals surface area contributed by atoms with Crippen molar-refractivity contribution < 1.29 is 4.79 Å². The molecule has 1 N–H and O–H groups in total. The van der Waals surface area contributed by atoms with Gasteiger partial charge in [0, 0.05) is 24.3 Å². The molecule has 110 valence electrons. The number of nitrogens with zero attached hydrogens (tertiary/aromatic N) is 3. The minimum Gasteiger partial charge on any atom is -0.333 e. The van der Waals surface area contributed by atoms with E-state index in [9.17, 15) is 4.79 Å². The van der Waals surface area contributed by atoms with Crippen LogP contribution in [0.2, 0.25) is 0 Å². The fourth-order valence-electron chi connectivity index (χ4n) is 3.56. The number of rotatable bonds is 2. The number of hydrogen-bond donors (Lipinski definition) is 1. The molecule has 5 nitrogen and oxygen atoms in total. The lowest BCUT2D eigenvalue weighted by atomic mass is 10.0. The number of amides is 1. The lowest BCUT2D eigenvalue weighted by Gasteiger charge is -2.32. The number of H-pyrrole nitrogens is 1. The molecule has 6 heteroatoms. The number of likely N-dealkylation sites (tertiary alicyclic amines) is 2. The van der Waals surface area contributed by atoms with E-state index in [1.165, 1.54) is 12.8 Å². The second-order valence-electron chi connectivity index (χ2n) is 5.91. The monoisotopic (exact) mass is 340 g/mol. The van der Waals surface area contributed by atoms with Gasteiger partial charge in [-0.25, -0.2) is 0 Å². The molecule has 0 saturated carbocycles. The summed E-state index contributed by atoms with van der Waals surface area (Å²) in [7, 11) is 2.17. The van der Waals surface area contributed by atoms with Crippen molar-refractivity contribution in [2.75, 3.05) is 20.1 Å². The second kappa shape index (κ2) is 5.48. The smallest absolute Gasteiger partial charge is 0.275 e. The van der Waals surface area contributed by atoms with E-state index >= 15 is 0 Å². The maximum absolute atomic E-state index is 12.7. The van der Waals surface area contributed by atoms with E-state index in [4.69, 9.17) is 0 Å². The molecule has 2 aliphatic heterocycles. The molecule has 20 heavy (non-hydrogen) atoms. The molecule has 3 rings (SSSR count). The van der Waals surface area contributed by atoms with Gasteiger partial charge in [0.15, 0.2) is 5.69 Å². The Morgan fingerprint density at radius 3 is 2.60 bits per heavy atom. The molecule has 0 aromatic carbocycles. The van der Waals surface area contributed by atoms with E-state index in [0.29, 0.717) is 17.8 Å². The number of aryl methyl sites for hydroxylation is 1. The van der Waals surface area contributed by atoms with Gasteiger partial charge in [-0.2, -0.15) is 5.10 Å². The highest BCUT2D eigenvalue weighted by Gasteiger charge is 2.39.